The lowest BCUT2D eigenvalue weighted by molar-refractivity contribution is -0.139. The number of rotatable bonds is 7. The zero-order valence-corrected chi connectivity index (χ0v) is 23.6. The van der Waals surface area contributed by atoms with Gasteiger partial charge in [0.1, 0.15) is 10.6 Å². The number of likely N-dealkylation sites (tertiary alicyclic amines) is 1. The number of hydrogen-bond acceptors (Lipinski definition) is 4. The number of carbonyl (C=O) groups excluding carboxylic acids is 1. The summed E-state index contributed by atoms with van der Waals surface area (Å²) in [5.41, 5.74) is 2.70. The summed E-state index contributed by atoms with van der Waals surface area (Å²) in [5, 5.41) is 1.04. The van der Waals surface area contributed by atoms with Gasteiger partial charge in [-0.3, -0.25) is 9.52 Å². The summed E-state index contributed by atoms with van der Waals surface area (Å²) < 4.78 is 36.8. The number of benzene rings is 2. The van der Waals surface area contributed by atoms with Crippen molar-refractivity contribution in [2.75, 3.05) is 24.4 Å². The molecule has 0 saturated carbocycles. The van der Waals surface area contributed by atoms with Crippen LogP contribution in [0, 0.1) is 11.3 Å². The Labute approximate surface area is 220 Å². The molecule has 1 aliphatic rings. The molecule has 0 bridgehead atoms. The van der Waals surface area contributed by atoms with Gasteiger partial charge in [0.2, 0.25) is 5.91 Å². The van der Waals surface area contributed by atoms with E-state index in [1.54, 1.807) is 30.3 Å². The van der Waals surface area contributed by atoms with Crippen molar-refractivity contribution < 1.29 is 17.9 Å². The number of nitrogens with zero attached hydrogens (tertiary/aromatic N) is 2. The van der Waals surface area contributed by atoms with E-state index in [0.29, 0.717) is 24.0 Å². The number of sulfonamides is 1. The molecule has 8 heteroatoms. The first kappa shape index (κ1) is 27.0. The number of carbonyl (C=O) groups is 1. The number of aryl methyl sites for hydroxylation is 1. The molecule has 0 aliphatic carbocycles. The standard InChI is InChI=1S/C29H39N3O4S/c1-7-36-26-10-8-9-11-27(26)37(34,35)30-22-12-13-25-23(18-22)24(19-31(25)6)21-14-16-32(17-15-21)28(33)20(2)29(3,4)5/h8-13,18-21,30H,7,14-17H2,1-6H3/t20-/m0/s1. The number of ether oxygens (including phenoxy) is 1. The largest absolute Gasteiger partial charge is 0.492 e. The molecule has 0 spiro atoms. The summed E-state index contributed by atoms with van der Waals surface area (Å²) in [6.45, 7) is 12.0. The third-order valence-corrected chi connectivity index (χ3v) is 9.05. The van der Waals surface area contributed by atoms with E-state index in [-0.39, 0.29) is 22.1 Å². The monoisotopic (exact) mass is 525 g/mol. The molecule has 7 nitrogen and oxygen atoms in total. The number of amides is 1. The van der Waals surface area contributed by atoms with E-state index >= 15 is 0 Å². The molecule has 1 aromatic heterocycles. The minimum atomic E-state index is -3.83. The molecule has 0 radical (unpaired) electrons. The summed E-state index contributed by atoms with van der Waals surface area (Å²) in [5.74, 6) is 0.849. The highest BCUT2D eigenvalue weighted by Gasteiger charge is 2.33. The zero-order chi connectivity index (χ0) is 27.0. The van der Waals surface area contributed by atoms with Crippen LogP contribution in [0.3, 0.4) is 0 Å². The van der Waals surface area contributed by atoms with Gasteiger partial charge in [-0.25, -0.2) is 8.42 Å². The zero-order valence-electron chi connectivity index (χ0n) is 22.7. The van der Waals surface area contributed by atoms with Crippen LogP contribution < -0.4 is 9.46 Å². The average molecular weight is 526 g/mol. The van der Waals surface area contributed by atoms with Crippen LogP contribution in [-0.4, -0.2) is 43.5 Å². The summed E-state index contributed by atoms with van der Waals surface area (Å²) in [6.07, 6.45) is 3.92. The lowest BCUT2D eigenvalue weighted by Crippen LogP contribution is -2.43. The van der Waals surface area contributed by atoms with Crippen LogP contribution in [0.1, 0.15) is 58.9 Å². The maximum Gasteiger partial charge on any atom is 0.265 e. The summed E-state index contributed by atoms with van der Waals surface area (Å²) in [4.78, 5) is 15.1. The van der Waals surface area contributed by atoms with Crippen molar-refractivity contribution in [3.05, 3.63) is 54.2 Å². The fourth-order valence-electron chi connectivity index (χ4n) is 5.02. The van der Waals surface area contributed by atoms with Crippen LogP contribution in [-0.2, 0) is 21.9 Å². The van der Waals surface area contributed by atoms with Crippen molar-refractivity contribution in [2.24, 2.45) is 18.4 Å². The first-order valence-electron chi connectivity index (χ1n) is 13.0. The Morgan fingerprint density at radius 2 is 1.81 bits per heavy atom. The first-order valence-corrected chi connectivity index (χ1v) is 14.5. The van der Waals surface area contributed by atoms with Crippen LogP contribution >= 0.6 is 0 Å². The molecule has 0 unspecified atom stereocenters. The van der Waals surface area contributed by atoms with E-state index in [9.17, 15) is 13.2 Å². The predicted molar refractivity (Wildman–Crippen MR) is 149 cm³/mol. The van der Waals surface area contributed by atoms with Crippen molar-refractivity contribution in [1.82, 2.24) is 9.47 Å². The van der Waals surface area contributed by atoms with Crippen LogP contribution in [0.5, 0.6) is 5.75 Å². The Bertz CT molecular complexity index is 1380. The number of piperidine rings is 1. The van der Waals surface area contributed by atoms with Crippen LogP contribution in [0.25, 0.3) is 10.9 Å². The third-order valence-electron chi connectivity index (χ3n) is 7.63. The van der Waals surface area contributed by atoms with Crippen molar-refractivity contribution in [3.8, 4) is 5.75 Å². The van der Waals surface area contributed by atoms with Gasteiger partial charge in [-0.1, -0.05) is 39.8 Å². The number of hydrogen-bond donors (Lipinski definition) is 1. The van der Waals surface area contributed by atoms with Crippen molar-refractivity contribution >= 4 is 32.5 Å². The highest BCUT2D eigenvalue weighted by atomic mass is 32.2. The van der Waals surface area contributed by atoms with E-state index in [2.05, 4.69) is 36.3 Å². The average Bonchev–Trinajstić information content (AvgIpc) is 3.18. The lowest BCUT2D eigenvalue weighted by atomic mass is 9.80. The van der Waals surface area contributed by atoms with Gasteiger partial charge in [-0.05, 0) is 67.0 Å². The SMILES string of the molecule is CCOc1ccccc1S(=O)(=O)Nc1ccc2c(c1)c(C1CCN(C(=O)[C@H](C)C(C)(C)C)CC1)cn2C. The first-order chi connectivity index (χ1) is 17.4. The highest BCUT2D eigenvalue weighted by molar-refractivity contribution is 7.92. The van der Waals surface area contributed by atoms with Gasteiger partial charge in [-0.2, -0.15) is 0 Å². The van der Waals surface area contributed by atoms with E-state index in [4.69, 9.17) is 4.74 Å². The fraction of sp³-hybridized carbons (Fsp3) is 0.483. The van der Waals surface area contributed by atoms with Crippen LogP contribution in [0.2, 0.25) is 0 Å². The third kappa shape index (κ3) is 5.64. The van der Waals surface area contributed by atoms with Gasteiger partial charge in [0, 0.05) is 48.8 Å². The van der Waals surface area contributed by atoms with Crippen molar-refractivity contribution in [3.63, 3.8) is 0 Å². The van der Waals surface area contributed by atoms with Gasteiger partial charge in [0.15, 0.2) is 0 Å². The van der Waals surface area contributed by atoms with Crippen LogP contribution in [0.4, 0.5) is 5.69 Å². The number of aromatic nitrogens is 1. The van der Waals surface area contributed by atoms with E-state index in [1.165, 1.54) is 5.56 Å². The molecule has 2 aromatic carbocycles. The molecule has 3 aromatic rings. The molecule has 1 fully saturated rings. The molecular weight excluding hydrogens is 486 g/mol. The Morgan fingerprint density at radius 1 is 1.14 bits per heavy atom. The second-order valence-corrected chi connectivity index (χ2v) is 12.8. The normalized spacial score (nSPS) is 16.1. The smallest absolute Gasteiger partial charge is 0.265 e. The van der Waals surface area contributed by atoms with E-state index in [0.717, 1.165) is 36.8 Å². The minimum Gasteiger partial charge on any atom is -0.492 e. The van der Waals surface area contributed by atoms with Gasteiger partial charge in [-0.15, -0.1) is 0 Å². The minimum absolute atomic E-state index is 0.0231. The molecule has 37 heavy (non-hydrogen) atoms. The summed E-state index contributed by atoms with van der Waals surface area (Å²) in [7, 11) is -1.82. The van der Waals surface area contributed by atoms with Crippen molar-refractivity contribution in [1.29, 1.82) is 0 Å². The van der Waals surface area contributed by atoms with E-state index in [1.807, 2.05) is 37.9 Å². The molecule has 1 atom stereocenters. The van der Waals surface area contributed by atoms with Gasteiger partial charge in [0.25, 0.3) is 10.0 Å². The quantitative estimate of drug-likeness (QED) is 0.425. The highest BCUT2D eigenvalue weighted by Crippen LogP contribution is 2.37. The second kappa shape index (κ2) is 10.4. The molecule has 1 N–H and O–H groups in total. The van der Waals surface area contributed by atoms with Crippen molar-refractivity contribution in [2.45, 2.75) is 58.3 Å². The molecule has 1 amide bonds. The van der Waals surface area contributed by atoms with Gasteiger partial charge >= 0.3 is 0 Å². The Hall–Kier alpha value is -3.00. The molecule has 1 saturated heterocycles. The molecule has 4 rings (SSSR count). The molecular formula is C29H39N3O4S. The van der Waals surface area contributed by atoms with Gasteiger partial charge in [0.05, 0.1) is 6.61 Å². The number of para-hydroxylation sites is 1. The summed E-state index contributed by atoms with van der Waals surface area (Å²) >= 11 is 0. The Kier molecular flexibility index (Phi) is 7.60. The van der Waals surface area contributed by atoms with Crippen LogP contribution in [0.15, 0.2) is 53.6 Å². The second-order valence-electron chi connectivity index (χ2n) is 11.1. The number of nitrogens with one attached hydrogen (secondary N) is 1. The maximum atomic E-state index is 13.2. The Balaban J connectivity index is 1.56. The number of anilines is 1. The number of fused-ring (bicyclic) bond motifs is 1. The van der Waals surface area contributed by atoms with E-state index < -0.39 is 10.0 Å². The molecule has 2 heterocycles. The van der Waals surface area contributed by atoms with Gasteiger partial charge < -0.3 is 14.2 Å². The molecule has 200 valence electrons. The predicted octanol–water partition coefficient (Wildman–Crippen LogP) is 5.77. The molecule has 1 aliphatic heterocycles. The topological polar surface area (TPSA) is 80.6 Å². The maximum absolute atomic E-state index is 13.2. The fourth-order valence-corrected chi connectivity index (χ4v) is 6.22. The summed E-state index contributed by atoms with van der Waals surface area (Å²) in [6, 6.07) is 12.3. The Morgan fingerprint density at radius 3 is 2.46 bits per heavy atom. The lowest BCUT2D eigenvalue weighted by Gasteiger charge is -2.36.